The molecule has 126 valence electrons. The lowest BCUT2D eigenvalue weighted by Crippen LogP contribution is -2.66. The molecule has 4 rings (SSSR count). The molecule has 24 heavy (non-hydrogen) atoms. The summed E-state index contributed by atoms with van der Waals surface area (Å²) in [5.41, 5.74) is 0.570. The van der Waals surface area contributed by atoms with Crippen molar-refractivity contribution in [3.8, 4) is 5.75 Å². The van der Waals surface area contributed by atoms with Crippen LogP contribution in [0.25, 0.3) is 10.8 Å². The summed E-state index contributed by atoms with van der Waals surface area (Å²) in [7, 11) is 0. The van der Waals surface area contributed by atoms with Gasteiger partial charge in [0.05, 0.1) is 6.21 Å². The maximum Gasteiger partial charge on any atom is 0.204 e. The van der Waals surface area contributed by atoms with E-state index in [-0.39, 0.29) is 5.41 Å². The van der Waals surface area contributed by atoms with Crippen LogP contribution in [0.5, 0.6) is 5.75 Å². The molecule has 0 amide bonds. The fourth-order valence-electron chi connectivity index (χ4n) is 4.29. The fourth-order valence-corrected chi connectivity index (χ4v) is 4.29. The van der Waals surface area contributed by atoms with E-state index in [0.717, 1.165) is 42.8 Å². The standard InChI is InChI=1S/C21H26N2O/c1-4-13-23-14-7-12-20(2,3)21(23)15-22-19-17-9-6-5-8-16(17)10-11-18(19)24-21/h5-6,8-11,15H,4,7,12-14H2,1-3H3. The third-order valence-corrected chi connectivity index (χ3v) is 5.66. The minimum Gasteiger partial charge on any atom is -0.464 e. The van der Waals surface area contributed by atoms with E-state index in [9.17, 15) is 0 Å². The second-order valence-corrected chi connectivity index (χ2v) is 7.66. The van der Waals surface area contributed by atoms with E-state index >= 15 is 0 Å². The van der Waals surface area contributed by atoms with Crippen LogP contribution in [-0.2, 0) is 0 Å². The number of ether oxygens (including phenoxy) is 1. The van der Waals surface area contributed by atoms with Gasteiger partial charge in [-0.3, -0.25) is 9.89 Å². The minimum absolute atomic E-state index is 0.0350. The summed E-state index contributed by atoms with van der Waals surface area (Å²) in [5, 5.41) is 2.37. The predicted molar refractivity (Wildman–Crippen MR) is 100 cm³/mol. The molecule has 0 aliphatic carbocycles. The molecule has 1 atom stereocenters. The quantitative estimate of drug-likeness (QED) is 0.762. The van der Waals surface area contributed by atoms with Crippen LogP contribution < -0.4 is 4.74 Å². The summed E-state index contributed by atoms with van der Waals surface area (Å²) in [4.78, 5) is 7.42. The second kappa shape index (κ2) is 5.59. The van der Waals surface area contributed by atoms with Gasteiger partial charge < -0.3 is 4.74 Å². The number of nitrogens with zero attached hydrogens (tertiary/aromatic N) is 2. The smallest absolute Gasteiger partial charge is 0.204 e. The van der Waals surface area contributed by atoms with Gasteiger partial charge in [0.25, 0.3) is 0 Å². The van der Waals surface area contributed by atoms with Gasteiger partial charge in [0.15, 0.2) is 0 Å². The molecule has 0 bridgehead atoms. The first-order chi connectivity index (χ1) is 11.6. The highest BCUT2D eigenvalue weighted by molar-refractivity contribution is 5.98. The summed E-state index contributed by atoms with van der Waals surface area (Å²) < 4.78 is 6.73. The van der Waals surface area contributed by atoms with Crippen LogP contribution in [0.4, 0.5) is 5.69 Å². The highest BCUT2D eigenvalue weighted by Gasteiger charge is 2.54. The van der Waals surface area contributed by atoms with Gasteiger partial charge in [-0.2, -0.15) is 0 Å². The largest absolute Gasteiger partial charge is 0.464 e. The van der Waals surface area contributed by atoms with Gasteiger partial charge in [-0.05, 0) is 30.7 Å². The topological polar surface area (TPSA) is 24.8 Å². The Labute approximate surface area is 144 Å². The SMILES string of the molecule is CCCN1CCCC(C)(C)C12C=Nc1c(ccc3ccccc13)O2. The number of likely N-dealkylation sites (tertiary alicyclic amines) is 1. The van der Waals surface area contributed by atoms with E-state index in [0.29, 0.717) is 0 Å². The zero-order valence-corrected chi connectivity index (χ0v) is 14.9. The van der Waals surface area contributed by atoms with E-state index in [4.69, 9.17) is 9.73 Å². The third kappa shape index (κ3) is 2.18. The molecule has 1 saturated heterocycles. The third-order valence-electron chi connectivity index (χ3n) is 5.66. The van der Waals surface area contributed by atoms with Gasteiger partial charge >= 0.3 is 0 Å². The maximum atomic E-state index is 6.73. The van der Waals surface area contributed by atoms with Crippen molar-refractivity contribution in [3.63, 3.8) is 0 Å². The number of rotatable bonds is 2. The van der Waals surface area contributed by atoms with E-state index in [2.05, 4.69) is 68.3 Å². The fraction of sp³-hybridized carbons (Fsp3) is 0.476. The molecule has 2 aromatic carbocycles. The first-order valence-electron chi connectivity index (χ1n) is 9.08. The molecule has 1 fully saturated rings. The van der Waals surface area contributed by atoms with Gasteiger partial charge in [-0.15, -0.1) is 0 Å². The summed E-state index contributed by atoms with van der Waals surface area (Å²) in [5.74, 6) is 0.910. The molecule has 0 radical (unpaired) electrons. The van der Waals surface area contributed by atoms with Crippen LogP contribution >= 0.6 is 0 Å². The van der Waals surface area contributed by atoms with Crippen LogP contribution in [0, 0.1) is 5.41 Å². The Morgan fingerprint density at radius 3 is 2.83 bits per heavy atom. The first-order valence-corrected chi connectivity index (χ1v) is 9.08. The molecule has 0 aromatic heterocycles. The Morgan fingerprint density at radius 1 is 1.17 bits per heavy atom. The lowest BCUT2D eigenvalue weighted by molar-refractivity contribution is -0.134. The minimum atomic E-state index is -0.434. The highest BCUT2D eigenvalue weighted by Crippen LogP contribution is 2.49. The van der Waals surface area contributed by atoms with Gasteiger partial charge in [0, 0.05) is 23.9 Å². The average Bonchev–Trinajstić information content (AvgIpc) is 2.59. The van der Waals surface area contributed by atoms with Crippen molar-refractivity contribution in [3.05, 3.63) is 36.4 Å². The Bertz CT molecular complexity index is 794. The van der Waals surface area contributed by atoms with Crippen LogP contribution in [0.3, 0.4) is 0 Å². The summed E-state index contributed by atoms with van der Waals surface area (Å²) in [6, 6.07) is 12.6. The van der Waals surface area contributed by atoms with E-state index in [1.807, 2.05) is 0 Å². The normalized spacial score (nSPS) is 25.6. The second-order valence-electron chi connectivity index (χ2n) is 7.66. The lowest BCUT2D eigenvalue weighted by Gasteiger charge is -2.55. The van der Waals surface area contributed by atoms with Crippen LogP contribution in [0.2, 0.25) is 0 Å². The predicted octanol–water partition coefficient (Wildman–Crippen LogP) is 5.16. The Balaban J connectivity index is 1.84. The summed E-state index contributed by atoms with van der Waals surface area (Å²) in [6.45, 7) is 8.97. The molecular formula is C21H26N2O. The molecule has 1 spiro atoms. The van der Waals surface area contributed by atoms with Crippen LogP contribution in [0.15, 0.2) is 41.4 Å². The zero-order valence-electron chi connectivity index (χ0n) is 14.9. The van der Waals surface area contributed by atoms with Gasteiger partial charge in [0.1, 0.15) is 11.4 Å². The Morgan fingerprint density at radius 2 is 2.00 bits per heavy atom. The maximum absolute atomic E-state index is 6.73. The molecule has 3 heteroatoms. The highest BCUT2D eigenvalue weighted by atomic mass is 16.5. The van der Waals surface area contributed by atoms with Crippen molar-refractivity contribution >= 4 is 22.7 Å². The van der Waals surface area contributed by atoms with Gasteiger partial charge in [-0.1, -0.05) is 51.1 Å². The summed E-state index contributed by atoms with van der Waals surface area (Å²) in [6.07, 6.45) is 5.58. The number of fused-ring (bicyclic) bond motifs is 3. The van der Waals surface area contributed by atoms with E-state index in [1.165, 1.54) is 11.8 Å². The molecule has 0 N–H and O–H groups in total. The van der Waals surface area contributed by atoms with Crippen molar-refractivity contribution < 1.29 is 4.74 Å². The van der Waals surface area contributed by atoms with Gasteiger partial charge in [-0.25, -0.2) is 0 Å². The molecule has 2 aromatic rings. The molecular weight excluding hydrogens is 296 g/mol. The van der Waals surface area contributed by atoms with Gasteiger partial charge in [0.2, 0.25) is 5.72 Å². The van der Waals surface area contributed by atoms with Crippen molar-refractivity contribution in [2.45, 2.75) is 45.8 Å². The van der Waals surface area contributed by atoms with E-state index < -0.39 is 5.72 Å². The van der Waals surface area contributed by atoms with Crippen molar-refractivity contribution in [2.24, 2.45) is 10.4 Å². The number of hydrogen-bond donors (Lipinski definition) is 0. The molecule has 2 aliphatic rings. The van der Waals surface area contributed by atoms with Crippen molar-refractivity contribution in [1.82, 2.24) is 4.90 Å². The Hall–Kier alpha value is -1.87. The van der Waals surface area contributed by atoms with E-state index in [1.54, 1.807) is 0 Å². The molecule has 1 unspecified atom stereocenters. The first kappa shape index (κ1) is 15.6. The summed E-state index contributed by atoms with van der Waals surface area (Å²) >= 11 is 0. The molecule has 2 aliphatic heterocycles. The molecule has 0 saturated carbocycles. The lowest BCUT2D eigenvalue weighted by atomic mass is 9.73. The molecule has 3 nitrogen and oxygen atoms in total. The number of piperidine rings is 1. The number of aliphatic imine (C=N–C) groups is 1. The van der Waals surface area contributed by atoms with Crippen LogP contribution in [-0.4, -0.2) is 29.9 Å². The number of benzene rings is 2. The average molecular weight is 322 g/mol. The monoisotopic (exact) mass is 322 g/mol. The zero-order chi connectivity index (χ0) is 16.8. The van der Waals surface area contributed by atoms with Crippen LogP contribution in [0.1, 0.15) is 40.0 Å². The van der Waals surface area contributed by atoms with Crippen molar-refractivity contribution in [1.29, 1.82) is 0 Å². The Kier molecular flexibility index (Phi) is 3.65. The van der Waals surface area contributed by atoms with Crippen molar-refractivity contribution in [2.75, 3.05) is 13.1 Å². The molecule has 2 heterocycles. The number of hydrogen-bond acceptors (Lipinski definition) is 3.